The van der Waals surface area contributed by atoms with E-state index in [1.54, 1.807) is 7.11 Å². The number of methoxy groups -OCH3 is 1. The molecule has 0 heterocycles. The first-order valence-electron chi connectivity index (χ1n) is 6.38. The predicted molar refractivity (Wildman–Crippen MR) is 73.3 cm³/mol. The summed E-state index contributed by atoms with van der Waals surface area (Å²) in [6.07, 6.45) is 3.41. The Hall–Kier alpha value is -0.860. The van der Waals surface area contributed by atoms with Gasteiger partial charge in [0.25, 0.3) is 0 Å². The van der Waals surface area contributed by atoms with Crippen LogP contribution in [0.2, 0.25) is 0 Å². The second-order valence-electron chi connectivity index (χ2n) is 5.26. The normalized spacial score (nSPS) is 11.8. The number of hydrogen-bond donors (Lipinski definition) is 1. The van der Waals surface area contributed by atoms with Crippen molar-refractivity contribution in [2.45, 2.75) is 38.5 Å². The Labute approximate surface area is 105 Å². The van der Waals surface area contributed by atoms with Crippen molar-refractivity contribution in [1.29, 1.82) is 0 Å². The second kappa shape index (κ2) is 6.77. The molecule has 0 aliphatic rings. The maximum Gasteiger partial charge on any atom is 0.0553 e. The van der Waals surface area contributed by atoms with Gasteiger partial charge in [-0.1, -0.05) is 38.1 Å². The SMILES string of the molecule is COCC(C)(C)c1ccc(CCCCN)cc1. The van der Waals surface area contributed by atoms with E-state index in [0.29, 0.717) is 0 Å². The van der Waals surface area contributed by atoms with E-state index in [0.717, 1.165) is 26.0 Å². The third kappa shape index (κ3) is 4.49. The predicted octanol–water partition coefficient (Wildman–Crippen LogP) is 2.89. The van der Waals surface area contributed by atoms with Gasteiger partial charge in [0.1, 0.15) is 0 Å². The van der Waals surface area contributed by atoms with Crippen LogP contribution in [-0.2, 0) is 16.6 Å². The quantitative estimate of drug-likeness (QED) is 0.738. The Morgan fingerprint density at radius 3 is 2.29 bits per heavy atom. The molecule has 1 rings (SSSR count). The Balaban J connectivity index is 2.61. The molecule has 17 heavy (non-hydrogen) atoms. The van der Waals surface area contributed by atoms with E-state index in [1.807, 2.05) is 0 Å². The average molecular weight is 235 g/mol. The minimum absolute atomic E-state index is 0.0878. The van der Waals surface area contributed by atoms with Gasteiger partial charge < -0.3 is 10.5 Å². The van der Waals surface area contributed by atoms with Crippen LogP contribution in [0.15, 0.2) is 24.3 Å². The molecule has 0 saturated carbocycles. The Morgan fingerprint density at radius 1 is 1.12 bits per heavy atom. The first kappa shape index (κ1) is 14.2. The van der Waals surface area contributed by atoms with Crippen molar-refractivity contribution in [3.05, 3.63) is 35.4 Å². The zero-order valence-corrected chi connectivity index (χ0v) is 11.3. The standard InChI is InChI=1S/C15H25NO/c1-15(2,12-17-3)14-9-7-13(8-10-14)6-4-5-11-16/h7-10H,4-6,11-12,16H2,1-3H3. The summed E-state index contributed by atoms with van der Waals surface area (Å²) >= 11 is 0. The number of ether oxygens (including phenoxy) is 1. The molecule has 0 aromatic heterocycles. The number of unbranched alkanes of at least 4 members (excludes halogenated alkanes) is 1. The van der Waals surface area contributed by atoms with Crippen molar-refractivity contribution in [2.75, 3.05) is 20.3 Å². The van der Waals surface area contributed by atoms with Crippen LogP contribution in [0.3, 0.4) is 0 Å². The zero-order chi connectivity index (χ0) is 12.7. The number of nitrogens with two attached hydrogens (primary N) is 1. The van der Waals surface area contributed by atoms with Crippen LogP contribution in [-0.4, -0.2) is 20.3 Å². The molecule has 2 nitrogen and oxygen atoms in total. The summed E-state index contributed by atoms with van der Waals surface area (Å²) in [7, 11) is 1.75. The molecule has 0 amide bonds. The highest BCUT2D eigenvalue weighted by atomic mass is 16.5. The van der Waals surface area contributed by atoms with Crippen LogP contribution >= 0.6 is 0 Å². The molecular formula is C15H25NO. The lowest BCUT2D eigenvalue weighted by Gasteiger charge is -2.24. The van der Waals surface area contributed by atoms with Crippen LogP contribution in [0.1, 0.15) is 37.8 Å². The van der Waals surface area contributed by atoms with Gasteiger partial charge in [-0.2, -0.15) is 0 Å². The third-order valence-electron chi connectivity index (χ3n) is 3.16. The van der Waals surface area contributed by atoms with Crippen molar-refractivity contribution >= 4 is 0 Å². The van der Waals surface area contributed by atoms with Crippen LogP contribution in [0.4, 0.5) is 0 Å². The molecule has 0 atom stereocenters. The van der Waals surface area contributed by atoms with Crippen LogP contribution in [0.25, 0.3) is 0 Å². The molecule has 2 heteroatoms. The number of rotatable bonds is 7. The Bertz CT molecular complexity index is 316. The van der Waals surface area contributed by atoms with Gasteiger partial charge in [-0.05, 0) is 36.9 Å². The van der Waals surface area contributed by atoms with Gasteiger partial charge >= 0.3 is 0 Å². The highest BCUT2D eigenvalue weighted by Crippen LogP contribution is 2.23. The van der Waals surface area contributed by atoms with Gasteiger partial charge in [0.15, 0.2) is 0 Å². The van der Waals surface area contributed by atoms with E-state index in [-0.39, 0.29) is 5.41 Å². The van der Waals surface area contributed by atoms with Gasteiger partial charge in [-0.25, -0.2) is 0 Å². The van der Waals surface area contributed by atoms with E-state index in [9.17, 15) is 0 Å². The third-order valence-corrected chi connectivity index (χ3v) is 3.16. The van der Waals surface area contributed by atoms with Gasteiger partial charge in [0, 0.05) is 12.5 Å². The summed E-state index contributed by atoms with van der Waals surface area (Å²) in [5, 5.41) is 0. The molecule has 1 aromatic carbocycles. The summed E-state index contributed by atoms with van der Waals surface area (Å²) in [6, 6.07) is 8.89. The van der Waals surface area contributed by atoms with Crippen molar-refractivity contribution in [1.82, 2.24) is 0 Å². The fourth-order valence-corrected chi connectivity index (χ4v) is 2.04. The van der Waals surface area contributed by atoms with Gasteiger partial charge in [0.05, 0.1) is 6.61 Å². The second-order valence-corrected chi connectivity index (χ2v) is 5.26. The summed E-state index contributed by atoms with van der Waals surface area (Å²) in [5.41, 5.74) is 8.31. The number of aryl methyl sites for hydroxylation is 1. The summed E-state index contributed by atoms with van der Waals surface area (Å²) < 4.78 is 5.26. The lowest BCUT2D eigenvalue weighted by Crippen LogP contribution is -2.23. The van der Waals surface area contributed by atoms with E-state index < -0.39 is 0 Å². The topological polar surface area (TPSA) is 35.2 Å². The smallest absolute Gasteiger partial charge is 0.0553 e. The van der Waals surface area contributed by atoms with Crippen molar-refractivity contribution < 1.29 is 4.74 Å². The molecular weight excluding hydrogens is 210 g/mol. The molecule has 0 bridgehead atoms. The summed E-state index contributed by atoms with van der Waals surface area (Å²) in [5.74, 6) is 0. The van der Waals surface area contributed by atoms with Gasteiger partial charge in [-0.3, -0.25) is 0 Å². The minimum Gasteiger partial charge on any atom is -0.384 e. The van der Waals surface area contributed by atoms with E-state index in [1.165, 1.54) is 17.5 Å². The lowest BCUT2D eigenvalue weighted by molar-refractivity contribution is 0.146. The van der Waals surface area contributed by atoms with Crippen LogP contribution in [0, 0.1) is 0 Å². The number of benzene rings is 1. The molecule has 0 aliphatic heterocycles. The largest absolute Gasteiger partial charge is 0.384 e. The first-order valence-corrected chi connectivity index (χ1v) is 6.38. The maximum absolute atomic E-state index is 5.49. The van der Waals surface area contributed by atoms with Gasteiger partial charge in [0.2, 0.25) is 0 Å². The molecule has 96 valence electrons. The van der Waals surface area contributed by atoms with Gasteiger partial charge in [-0.15, -0.1) is 0 Å². The summed E-state index contributed by atoms with van der Waals surface area (Å²) in [6.45, 7) is 5.96. The Morgan fingerprint density at radius 2 is 1.76 bits per heavy atom. The minimum atomic E-state index is 0.0878. The lowest BCUT2D eigenvalue weighted by atomic mass is 9.85. The highest BCUT2D eigenvalue weighted by molar-refractivity contribution is 5.28. The first-order chi connectivity index (χ1) is 8.10. The molecule has 2 N–H and O–H groups in total. The highest BCUT2D eigenvalue weighted by Gasteiger charge is 2.19. The zero-order valence-electron chi connectivity index (χ0n) is 11.3. The molecule has 0 spiro atoms. The molecule has 0 radical (unpaired) electrons. The van der Waals surface area contributed by atoms with Crippen LogP contribution < -0.4 is 5.73 Å². The van der Waals surface area contributed by atoms with Crippen molar-refractivity contribution in [2.24, 2.45) is 5.73 Å². The monoisotopic (exact) mass is 235 g/mol. The molecule has 0 fully saturated rings. The summed E-state index contributed by atoms with van der Waals surface area (Å²) in [4.78, 5) is 0. The maximum atomic E-state index is 5.49. The average Bonchev–Trinajstić information content (AvgIpc) is 2.30. The molecule has 0 saturated heterocycles. The molecule has 0 aliphatic carbocycles. The van der Waals surface area contributed by atoms with E-state index >= 15 is 0 Å². The molecule has 1 aromatic rings. The van der Waals surface area contributed by atoms with Crippen molar-refractivity contribution in [3.63, 3.8) is 0 Å². The fraction of sp³-hybridized carbons (Fsp3) is 0.600. The van der Waals surface area contributed by atoms with Crippen LogP contribution in [0.5, 0.6) is 0 Å². The van der Waals surface area contributed by atoms with E-state index in [2.05, 4.69) is 38.1 Å². The number of hydrogen-bond acceptors (Lipinski definition) is 2. The Kier molecular flexibility index (Phi) is 5.66. The van der Waals surface area contributed by atoms with Crippen molar-refractivity contribution in [3.8, 4) is 0 Å². The fourth-order valence-electron chi connectivity index (χ4n) is 2.04. The van der Waals surface area contributed by atoms with E-state index in [4.69, 9.17) is 10.5 Å². The molecule has 0 unspecified atom stereocenters.